The summed E-state index contributed by atoms with van der Waals surface area (Å²) >= 11 is 0. The number of aliphatic hydroxyl groups excluding tert-OH is 1. The third-order valence-electron chi connectivity index (χ3n) is 4.28. The van der Waals surface area contributed by atoms with Gasteiger partial charge in [0.2, 0.25) is 0 Å². The van der Waals surface area contributed by atoms with Crippen molar-refractivity contribution in [1.82, 2.24) is 0 Å². The van der Waals surface area contributed by atoms with Crippen LogP contribution in [0.2, 0.25) is 0 Å². The minimum Gasteiger partial charge on any atom is -0.508 e. The van der Waals surface area contributed by atoms with Crippen molar-refractivity contribution in [3.05, 3.63) is 29.8 Å². The van der Waals surface area contributed by atoms with E-state index in [0.29, 0.717) is 19.3 Å². The highest BCUT2D eigenvalue weighted by molar-refractivity contribution is 5.66. The van der Waals surface area contributed by atoms with Crippen molar-refractivity contribution in [2.75, 3.05) is 0 Å². The van der Waals surface area contributed by atoms with Crippen LogP contribution >= 0.6 is 0 Å². The van der Waals surface area contributed by atoms with Crippen molar-refractivity contribution in [3.63, 3.8) is 0 Å². The Balaban J connectivity index is 1.95. The number of carbonyl (C=O) groups is 1. The van der Waals surface area contributed by atoms with Crippen LogP contribution in [0, 0.1) is 0 Å². The summed E-state index contributed by atoms with van der Waals surface area (Å²) in [6, 6.07) is 6.74. The van der Waals surface area contributed by atoms with Gasteiger partial charge >= 0.3 is 5.97 Å². The fourth-order valence-electron chi connectivity index (χ4n) is 3.10. The molecule has 5 unspecified atom stereocenters. The molecule has 5 atom stereocenters. The Kier molecular flexibility index (Phi) is 7.23. The van der Waals surface area contributed by atoms with Crippen LogP contribution in [-0.4, -0.2) is 40.6 Å². The van der Waals surface area contributed by atoms with Gasteiger partial charge < -0.3 is 24.4 Å². The molecule has 0 aliphatic carbocycles. The van der Waals surface area contributed by atoms with E-state index in [2.05, 4.69) is 6.92 Å². The summed E-state index contributed by atoms with van der Waals surface area (Å²) < 4.78 is 17.0. The summed E-state index contributed by atoms with van der Waals surface area (Å²) in [6.07, 6.45) is 0.854. The van der Waals surface area contributed by atoms with Crippen LogP contribution < -0.4 is 0 Å². The zero-order chi connectivity index (χ0) is 18.4. The van der Waals surface area contributed by atoms with Crippen molar-refractivity contribution in [2.45, 2.75) is 77.2 Å². The highest BCUT2D eigenvalue weighted by Crippen LogP contribution is 2.33. The summed E-state index contributed by atoms with van der Waals surface area (Å²) in [4.78, 5) is 11.0. The Morgan fingerprint density at radius 3 is 2.52 bits per heavy atom. The topological polar surface area (TPSA) is 85.2 Å². The van der Waals surface area contributed by atoms with Crippen molar-refractivity contribution in [1.29, 1.82) is 0 Å². The number of phenols is 1. The third-order valence-corrected chi connectivity index (χ3v) is 4.28. The van der Waals surface area contributed by atoms with Crippen LogP contribution in [0.3, 0.4) is 0 Å². The van der Waals surface area contributed by atoms with Gasteiger partial charge in [-0.1, -0.05) is 19.1 Å². The molecule has 0 amide bonds. The molecule has 1 aliphatic heterocycles. The molecule has 0 bridgehead atoms. The molecule has 1 saturated heterocycles. The fourth-order valence-corrected chi connectivity index (χ4v) is 3.10. The van der Waals surface area contributed by atoms with E-state index in [1.807, 2.05) is 0 Å². The van der Waals surface area contributed by atoms with Gasteiger partial charge in [0.15, 0.2) is 6.29 Å². The lowest BCUT2D eigenvalue weighted by atomic mass is 9.99. The first kappa shape index (κ1) is 19.7. The lowest BCUT2D eigenvalue weighted by Crippen LogP contribution is -2.36. The van der Waals surface area contributed by atoms with Gasteiger partial charge in [0.25, 0.3) is 0 Å². The van der Waals surface area contributed by atoms with Gasteiger partial charge in [0.1, 0.15) is 11.9 Å². The number of hydrogen-bond acceptors (Lipinski definition) is 6. The summed E-state index contributed by atoms with van der Waals surface area (Å²) in [5.74, 6) is -0.154. The SMILES string of the molecule is CCC1CC(CC(O)CC(C)OC(C)=O)OC(c2ccc(O)cc2)O1. The average molecular weight is 352 g/mol. The van der Waals surface area contributed by atoms with Gasteiger partial charge in [0, 0.05) is 25.3 Å². The molecule has 1 heterocycles. The maximum Gasteiger partial charge on any atom is 0.302 e. The third kappa shape index (κ3) is 6.30. The van der Waals surface area contributed by atoms with Crippen LogP contribution in [-0.2, 0) is 19.0 Å². The molecular formula is C19H28O6. The molecule has 1 aromatic carbocycles. The Morgan fingerprint density at radius 2 is 1.92 bits per heavy atom. The van der Waals surface area contributed by atoms with Crippen LogP contribution in [0.4, 0.5) is 0 Å². The van der Waals surface area contributed by atoms with Gasteiger partial charge in [-0.25, -0.2) is 0 Å². The highest BCUT2D eigenvalue weighted by atomic mass is 16.7. The van der Waals surface area contributed by atoms with E-state index in [-0.39, 0.29) is 30.0 Å². The molecule has 6 nitrogen and oxygen atoms in total. The van der Waals surface area contributed by atoms with Crippen molar-refractivity contribution in [2.24, 2.45) is 0 Å². The molecule has 25 heavy (non-hydrogen) atoms. The van der Waals surface area contributed by atoms with Crippen molar-refractivity contribution < 1.29 is 29.2 Å². The number of rotatable bonds is 7. The largest absolute Gasteiger partial charge is 0.508 e. The molecule has 1 fully saturated rings. The lowest BCUT2D eigenvalue weighted by molar-refractivity contribution is -0.252. The summed E-state index contributed by atoms with van der Waals surface area (Å²) in [5.41, 5.74) is 0.837. The molecule has 1 aliphatic rings. The monoisotopic (exact) mass is 352 g/mol. The molecule has 0 spiro atoms. The summed E-state index contributed by atoms with van der Waals surface area (Å²) in [7, 11) is 0. The molecule has 0 radical (unpaired) electrons. The zero-order valence-corrected chi connectivity index (χ0v) is 15.1. The number of aliphatic hydroxyl groups is 1. The Labute approximate surface area is 148 Å². The number of hydrogen-bond donors (Lipinski definition) is 2. The second-order valence-corrected chi connectivity index (χ2v) is 6.63. The van der Waals surface area contributed by atoms with Gasteiger partial charge in [-0.05, 0) is 31.9 Å². The molecule has 140 valence electrons. The number of carbonyl (C=O) groups excluding carboxylic acids is 1. The minimum atomic E-state index is -0.615. The van der Waals surface area contributed by atoms with Crippen LogP contribution in [0.25, 0.3) is 0 Å². The average Bonchev–Trinajstić information content (AvgIpc) is 2.54. The van der Waals surface area contributed by atoms with E-state index in [1.54, 1.807) is 31.2 Å². The van der Waals surface area contributed by atoms with Gasteiger partial charge in [-0.3, -0.25) is 4.79 Å². The van der Waals surface area contributed by atoms with E-state index >= 15 is 0 Å². The second-order valence-electron chi connectivity index (χ2n) is 6.63. The van der Waals surface area contributed by atoms with Crippen LogP contribution in [0.15, 0.2) is 24.3 Å². The predicted octanol–water partition coefficient (Wildman–Crippen LogP) is 3.07. The number of ether oxygens (including phenoxy) is 3. The number of aromatic hydroxyl groups is 1. The molecule has 0 saturated carbocycles. The molecular weight excluding hydrogens is 324 g/mol. The lowest BCUT2D eigenvalue weighted by Gasteiger charge is -2.36. The predicted molar refractivity (Wildman–Crippen MR) is 92.0 cm³/mol. The molecule has 2 N–H and O–H groups in total. The van der Waals surface area contributed by atoms with E-state index in [1.165, 1.54) is 6.92 Å². The van der Waals surface area contributed by atoms with E-state index in [4.69, 9.17) is 14.2 Å². The first-order chi connectivity index (χ1) is 11.9. The van der Waals surface area contributed by atoms with Crippen molar-refractivity contribution >= 4 is 5.97 Å². The maximum absolute atomic E-state index is 11.0. The van der Waals surface area contributed by atoms with E-state index in [9.17, 15) is 15.0 Å². The normalized spacial score (nSPS) is 26.0. The Morgan fingerprint density at radius 1 is 1.28 bits per heavy atom. The van der Waals surface area contributed by atoms with Gasteiger partial charge in [-0.2, -0.15) is 0 Å². The Hall–Kier alpha value is -1.63. The van der Waals surface area contributed by atoms with E-state index < -0.39 is 12.4 Å². The summed E-state index contributed by atoms with van der Waals surface area (Å²) in [6.45, 7) is 5.18. The highest BCUT2D eigenvalue weighted by Gasteiger charge is 2.31. The molecule has 1 aromatic rings. The smallest absolute Gasteiger partial charge is 0.302 e. The van der Waals surface area contributed by atoms with Crippen LogP contribution in [0.1, 0.15) is 58.3 Å². The molecule has 2 rings (SSSR count). The Bertz CT molecular complexity index is 543. The van der Waals surface area contributed by atoms with Gasteiger partial charge in [0.05, 0.1) is 18.3 Å². The number of esters is 1. The minimum absolute atomic E-state index is 0.0515. The van der Waals surface area contributed by atoms with E-state index in [0.717, 1.165) is 12.0 Å². The first-order valence-corrected chi connectivity index (χ1v) is 8.82. The van der Waals surface area contributed by atoms with Gasteiger partial charge in [-0.15, -0.1) is 0 Å². The fraction of sp³-hybridized carbons (Fsp3) is 0.632. The first-order valence-electron chi connectivity index (χ1n) is 8.82. The number of phenolic OH excluding ortho intramolecular Hbond substituents is 1. The molecule has 0 aromatic heterocycles. The summed E-state index contributed by atoms with van der Waals surface area (Å²) in [5, 5.41) is 19.7. The number of benzene rings is 1. The zero-order valence-electron chi connectivity index (χ0n) is 15.1. The second kappa shape index (κ2) is 9.17. The molecule has 6 heteroatoms. The maximum atomic E-state index is 11.0. The quantitative estimate of drug-likeness (QED) is 0.734. The standard InChI is InChI=1S/C19H28O6/c1-4-17-11-18(10-16(22)9-12(2)23-13(3)20)25-19(24-17)14-5-7-15(21)8-6-14/h5-8,12,16-19,21-22H,4,9-11H2,1-3H3. The van der Waals surface area contributed by atoms with Crippen molar-refractivity contribution in [3.8, 4) is 5.75 Å². The van der Waals surface area contributed by atoms with Crippen LogP contribution in [0.5, 0.6) is 5.75 Å².